The number of carbonyl (C=O) groups excluding carboxylic acids is 1. The second-order valence-corrected chi connectivity index (χ2v) is 5.72. The van der Waals surface area contributed by atoms with Gasteiger partial charge >= 0.3 is 0 Å². The molecule has 1 atom stereocenters. The highest BCUT2D eigenvalue weighted by molar-refractivity contribution is 5.79. The van der Waals surface area contributed by atoms with E-state index in [0.29, 0.717) is 11.8 Å². The summed E-state index contributed by atoms with van der Waals surface area (Å²) in [6, 6.07) is 0. The molecule has 0 aromatic heterocycles. The maximum absolute atomic E-state index is 12.3. The molecular formula is C16H31NO. The molecule has 1 unspecified atom stereocenters. The van der Waals surface area contributed by atoms with Gasteiger partial charge in [-0.05, 0) is 19.3 Å². The third kappa shape index (κ3) is 5.41. The summed E-state index contributed by atoms with van der Waals surface area (Å²) in [6.45, 7) is 6.48. The third-order valence-corrected chi connectivity index (χ3v) is 4.08. The first kappa shape index (κ1) is 15.5. The van der Waals surface area contributed by atoms with E-state index in [9.17, 15) is 4.79 Å². The highest BCUT2D eigenvalue weighted by atomic mass is 16.2. The summed E-state index contributed by atoms with van der Waals surface area (Å²) in [5, 5.41) is 0. The molecule has 1 aliphatic rings. The Morgan fingerprint density at radius 2 is 1.56 bits per heavy atom. The largest absolute Gasteiger partial charge is 0.342 e. The van der Waals surface area contributed by atoms with E-state index in [1.54, 1.807) is 0 Å². The number of amides is 1. The fourth-order valence-corrected chi connectivity index (χ4v) is 2.63. The van der Waals surface area contributed by atoms with Gasteiger partial charge in [-0.2, -0.15) is 0 Å². The Morgan fingerprint density at radius 3 is 2.11 bits per heavy atom. The van der Waals surface area contributed by atoms with Gasteiger partial charge in [-0.25, -0.2) is 0 Å². The van der Waals surface area contributed by atoms with Crippen molar-refractivity contribution in [3.8, 4) is 0 Å². The minimum Gasteiger partial charge on any atom is -0.342 e. The van der Waals surface area contributed by atoms with Gasteiger partial charge in [0.25, 0.3) is 0 Å². The Balaban J connectivity index is 2.23. The number of nitrogens with zero attached hydrogens (tertiary/aromatic N) is 1. The number of rotatable bonds is 10. The van der Waals surface area contributed by atoms with Gasteiger partial charge in [0.2, 0.25) is 5.91 Å². The molecule has 1 amide bonds. The van der Waals surface area contributed by atoms with Gasteiger partial charge in [-0.3, -0.25) is 4.79 Å². The summed E-state index contributed by atoms with van der Waals surface area (Å²) in [7, 11) is 0. The van der Waals surface area contributed by atoms with Crippen LogP contribution in [-0.2, 0) is 4.79 Å². The van der Waals surface area contributed by atoms with Crippen LogP contribution in [0.1, 0.15) is 78.1 Å². The molecule has 0 aromatic rings. The molecule has 1 aliphatic heterocycles. The minimum absolute atomic E-state index is 0.326. The molecular weight excluding hydrogens is 222 g/mol. The molecule has 1 saturated heterocycles. The van der Waals surface area contributed by atoms with Gasteiger partial charge in [0.15, 0.2) is 0 Å². The fraction of sp³-hybridized carbons (Fsp3) is 0.938. The SMILES string of the molecule is CCCCCCCC(CCCC)C(=O)N1CCC1. The number of likely N-dealkylation sites (tertiary alicyclic amines) is 1. The van der Waals surface area contributed by atoms with E-state index < -0.39 is 0 Å². The van der Waals surface area contributed by atoms with Crippen LogP contribution in [0, 0.1) is 5.92 Å². The second kappa shape index (κ2) is 9.41. The smallest absolute Gasteiger partial charge is 0.225 e. The molecule has 0 bridgehead atoms. The van der Waals surface area contributed by atoms with Crippen LogP contribution in [-0.4, -0.2) is 23.9 Å². The van der Waals surface area contributed by atoms with E-state index in [2.05, 4.69) is 18.7 Å². The molecule has 2 nitrogen and oxygen atoms in total. The van der Waals surface area contributed by atoms with E-state index >= 15 is 0 Å². The van der Waals surface area contributed by atoms with Crippen LogP contribution in [0.25, 0.3) is 0 Å². The standard InChI is InChI=1S/C16H31NO/c1-3-5-7-8-9-12-15(11-6-4-2)16(18)17-13-10-14-17/h15H,3-14H2,1-2H3. The first-order valence-corrected chi connectivity index (χ1v) is 8.08. The summed E-state index contributed by atoms with van der Waals surface area (Å²) in [5.74, 6) is 0.775. The fourth-order valence-electron chi connectivity index (χ4n) is 2.63. The van der Waals surface area contributed by atoms with Gasteiger partial charge in [-0.1, -0.05) is 58.8 Å². The maximum atomic E-state index is 12.3. The molecule has 0 aromatic carbocycles. The average molecular weight is 253 g/mol. The number of unbranched alkanes of at least 4 members (excludes halogenated alkanes) is 5. The lowest BCUT2D eigenvalue weighted by molar-refractivity contribution is -0.139. The predicted molar refractivity (Wildman–Crippen MR) is 77.6 cm³/mol. The predicted octanol–water partition coefficient (Wildman–Crippen LogP) is 4.39. The van der Waals surface area contributed by atoms with Crippen LogP contribution in [0.4, 0.5) is 0 Å². The zero-order valence-electron chi connectivity index (χ0n) is 12.4. The maximum Gasteiger partial charge on any atom is 0.225 e. The highest BCUT2D eigenvalue weighted by Gasteiger charge is 2.26. The molecule has 0 aliphatic carbocycles. The Kier molecular flexibility index (Phi) is 8.11. The lowest BCUT2D eigenvalue weighted by Crippen LogP contribution is -2.45. The molecule has 1 heterocycles. The van der Waals surface area contributed by atoms with Gasteiger partial charge in [0.1, 0.15) is 0 Å². The quantitative estimate of drug-likeness (QED) is 0.529. The van der Waals surface area contributed by atoms with Crippen molar-refractivity contribution in [2.24, 2.45) is 5.92 Å². The minimum atomic E-state index is 0.326. The van der Waals surface area contributed by atoms with E-state index in [-0.39, 0.29) is 0 Å². The number of hydrogen-bond acceptors (Lipinski definition) is 1. The first-order valence-electron chi connectivity index (χ1n) is 8.08. The molecule has 2 heteroatoms. The molecule has 0 spiro atoms. The summed E-state index contributed by atoms with van der Waals surface area (Å²) >= 11 is 0. The summed E-state index contributed by atoms with van der Waals surface area (Å²) in [6.07, 6.45) is 12.4. The Labute approximate surface area is 113 Å². The third-order valence-electron chi connectivity index (χ3n) is 4.08. The number of hydrogen-bond donors (Lipinski definition) is 0. The van der Waals surface area contributed by atoms with E-state index in [4.69, 9.17) is 0 Å². The normalized spacial score (nSPS) is 16.4. The monoisotopic (exact) mass is 253 g/mol. The summed E-state index contributed by atoms with van der Waals surface area (Å²) in [5.41, 5.74) is 0. The van der Waals surface area contributed by atoms with E-state index in [0.717, 1.165) is 25.9 Å². The van der Waals surface area contributed by atoms with Crippen molar-refractivity contribution in [3.63, 3.8) is 0 Å². The highest BCUT2D eigenvalue weighted by Crippen LogP contribution is 2.22. The molecule has 18 heavy (non-hydrogen) atoms. The molecule has 1 fully saturated rings. The first-order chi connectivity index (χ1) is 8.79. The Hall–Kier alpha value is -0.530. The van der Waals surface area contributed by atoms with E-state index in [1.165, 1.54) is 51.4 Å². The average Bonchev–Trinajstić information content (AvgIpc) is 2.30. The van der Waals surface area contributed by atoms with Crippen molar-refractivity contribution in [2.45, 2.75) is 78.1 Å². The van der Waals surface area contributed by atoms with Crippen molar-refractivity contribution < 1.29 is 4.79 Å². The summed E-state index contributed by atoms with van der Waals surface area (Å²) in [4.78, 5) is 14.3. The van der Waals surface area contributed by atoms with Crippen molar-refractivity contribution in [3.05, 3.63) is 0 Å². The van der Waals surface area contributed by atoms with Crippen molar-refractivity contribution in [2.75, 3.05) is 13.1 Å². The van der Waals surface area contributed by atoms with Gasteiger partial charge in [0.05, 0.1) is 0 Å². The zero-order valence-corrected chi connectivity index (χ0v) is 12.4. The summed E-state index contributed by atoms with van der Waals surface area (Å²) < 4.78 is 0. The molecule has 0 saturated carbocycles. The van der Waals surface area contributed by atoms with Crippen molar-refractivity contribution in [1.82, 2.24) is 4.90 Å². The molecule has 106 valence electrons. The molecule has 0 radical (unpaired) electrons. The van der Waals surface area contributed by atoms with Crippen LogP contribution in [0.15, 0.2) is 0 Å². The van der Waals surface area contributed by atoms with Crippen LogP contribution in [0.5, 0.6) is 0 Å². The lowest BCUT2D eigenvalue weighted by atomic mass is 9.92. The van der Waals surface area contributed by atoms with Crippen molar-refractivity contribution >= 4 is 5.91 Å². The van der Waals surface area contributed by atoms with E-state index in [1.807, 2.05) is 0 Å². The zero-order chi connectivity index (χ0) is 13.2. The van der Waals surface area contributed by atoms with Crippen molar-refractivity contribution in [1.29, 1.82) is 0 Å². The van der Waals surface area contributed by atoms with Crippen LogP contribution < -0.4 is 0 Å². The van der Waals surface area contributed by atoms with Crippen LogP contribution >= 0.6 is 0 Å². The van der Waals surface area contributed by atoms with Crippen LogP contribution in [0.3, 0.4) is 0 Å². The molecule has 1 rings (SSSR count). The Bertz CT molecular complexity index is 223. The number of carbonyl (C=O) groups is 1. The Morgan fingerprint density at radius 1 is 0.944 bits per heavy atom. The topological polar surface area (TPSA) is 20.3 Å². The lowest BCUT2D eigenvalue weighted by Gasteiger charge is -2.34. The van der Waals surface area contributed by atoms with Gasteiger partial charge in [-0.15, -0.1) is 0 Å². The van der Waals surface area contributed by atoms with Crippen LogP contribution in [0.2, 0.25) is 0 Å². The van der Waals surface area contributed by atoms with Gasteiger partial charge in [0, 0.05) is 19.0 Å². The second-order valence-electron chi connectivity index (χ2n) is 5.72. The van der Waals surface area contributed by atoms with Gasteiger partial charge < -0.3 is 4.90 Å². The molecule has 0 N–H and O–H groups in total.